The quantitative estimate of drug-likeness (QED) is 0.269. The Labute approximate surface area is 52.7 Å². The predicted molar refractivity (Wildman–Crippen MR) is 34.7 cm³/mol. The van der Waals surface area contributed by atoms with Gasteiger partial charge in [-0.15, -0.1) is 11.1 Å². The topological polar surface area (TPSA) is 55.1 Å². The summed E-state index contributed by atoms with van der Waals surface area (Å²) < 4.78 is 0. The van der Waals surface area contributed by atoms with E-state index in [0.717, 1.165) is 0 Å². The standard InChI is InChI=1S/CH5ClN2OSSi/c2-7(6)4-1(3)5/h6-7H,(H3,3,4,5). The lowest BCUT2D eigenvalue weighted by Crippen LogP contribution is -2.35. The fourth-order valence-corrected chi connectivity index (χ4v) is 1.06. The Morgan fingerprint density at radius 2 is 2.43 bits per heavy atom. The van der Waals surface area contributed by atoms with Crippen LogP contribution in [-0.4, -0.2) is 13.4 Å². The number of halogens is 1. The van der Waals surface area contributed by atoms with Crippen molar-refractivity contribution in [2.45, 2.75) is 0 Å². The predicted octanol–water partition coefficient (Wildman–Crippen LogP) is -0.459. The second-order valence-electron chi connectivity index (χ2n) is 0.844. The lowest BCUT2D eigenvalue weighted by Gasteiger charge is -1.96. The number of nitrogens with one attached hydrogen (secondary N) is 1. The van der Waals surface area contributed by atoms with Crippen molar-refractivity contribution >= 4 is 36.6 Å². The van der Waals surface area contributed by atoms with E-state index < -0.39 is 13.4 Å². The maximum absolute atomic E-state index is 9.82. The van der Waals surface area contributed by atoms with E-state index in [1.165, 1.54) is 0 Å². The van der Waals surface area contributed by atoms with Crippen LogP contribution in [0.1, 0.15) is 0 Å². The Morgan fingerprint density at radius 3 is 2.43 bits per heavy atom. The number of hydrogen-bond donors (Lipinski definition) is 3. The van der Waals surface area contributed by atoms with Crippen LogP contribution in [0.15, 0.2) is 0 Å². The maximum atomic E-state index is 9.82. The molecule has 0 aromatic carbocycles. The molecular weight excluding hydrogens is 152 g/mol. The van der Waals surface area contributed by atoms with E-state index in [2.05, 4.69) is 22.8 Å². The molecule has 3 N–H and O–H groups in total. The third kappa shape index (κ3) is 6.13. The van der Waals surface area contributed by atoms with Crippen molar-refractivity contribution in [2.24, 2.45) is 5.73 Å². The van der Waals surface area contributed by atoms with Gasteiger partial charge in [-0.3, -0.25) is 0 Å². The van der Waals surface area contributed by atoms with E-state index in [0.29, 0.717) is 0 Å². The lowest BCUT2D eigenvalue weighted by molar-refractivity contribution is 0.253. The van der Waals surface area contributed by atoms with Crippen LogP contribution < -0.4 is 10.7 Å². The van der Waals surface area contributed by atoms with Gasteiger partial charge in [0.2, 0.25) is 0 Å². The molecule has 0 fully saturated rings. The first-order valence-corrected chi connectivity index (χ1v) is 5.90. The summed E-state index contributed by atoms with van der Waals surface area (Å²) in [5.41, 5.74) is 4.64. The number of hydrogen-bond acceptors (Lipinski definition) is 2. The summed E-state index contributed by atoms with van der Waals surface area (Å²) in [4.78, 5) is 12.0. The summed E-state index contributed by atoms with van der Waals surface area (Å²) in [6, 6.07) is -0.610. The fraction of sp³-hybridized carbons (Fsp3) is 0. The molecule has 7 heavy (non-hydrogen) atoms. The minimum atomic E-state index is -1.79. The van der Waals surface area contributed by atoms with Gasteiger partial charge >= 0.3 is 6.03 Å². The average molecular weight is 157 g/mol. The van der Waals surface area contributed by atoms with Crippen molar-refractivity contribution in [1.82, 2.24) is 4.98 Å². The largest absolute Gasteiger partial charge is 0.352 e. The zero-order valence-corrected chi connectivity index (χ0v) is 6.19. The zero-order chi connectivity index (χ0) is 5.86. The molecule has 0 aromatic heterocycles. The minimum absolute atomic E-state index is 0.610. The van der Waals surface area contributed by atoms with Crippen LogP contribution in [0.5, 0.6) is 0 Å². The zero-order valence-electron chi connectivity index (χ0n) is 3.39. The molecule has 0 saturated carbocycles. The molecule has 2 amide bonds. The van der Waals surface area contributed by atoms with Gasteiger partial charge in [0.15, 0.2) is 0 Å². The number of carbonyl (C=O) groups excluding carboxylic acids is 1. The second kappa shape index (κ2) is 3.17. The van der Waals surface area contributed by atoms with Crippen molar-refractivity contribution in [3.05, 3.63) is 0 Å². The molecule has 0 radical (unpaired) electrons. The molecule has 0 aliphatic heterocycles. The Hall–Kier alpha value is 0.127. The Balaban J connectivity index is 3.13. The molecule has 0 spiro atoms. The monoisotopic (exact) mass is 156 g/mol. The van der Waals surface area contributed by atoms with Gasteiger partial charge in [0.25, 0.3) is 7.42 Å². The highest BCUT2D eigenvalue weighted by Crippen LogP contribution is 1.85. The van der Waals surface area contributed by atoms with Gasteiger partial charge in [-0.25, -0.2) is 4.79 Å². The van der Waals surface area contributed by atoms with Crippen LogP contribution in [0.4, 0.5) is 4.79 Å². The normalized spacial score (nSPS) is 12.9. The van der Waals surface area contributed by atoms with Crippen LogP contribution in [0.25, 0.3) is 0 Å². The summed E-state index contributed by atoms with van der Waals surface area (Å²) >= 11 is 8.99. The van der Waals surface area contributed by atoms with Gasteiger partial charge in [0.1, 0.15) is 0 Å². The van der Waals surface area contributed by atoms with Gasteiger partial charge in [-0.1, -0.05) is 0 Å². The van der Waals surface area contributed by atoms with Crippen LogP contribution in [0.3, 0.4) is 0 Å². The molecule has 1 unspecified atom stereocenters. The van der Waals surface area contributed by atoms with Crippen molar-refractivity contribution < 1.29 is 4.79 Å². The first kappa shape index (κ1) is 7.13. The molecule has 0 heterocycles. The molecule has 0 aliphatic carbocycles. The van der Waals surface area contributed by atoms with E-state index in [1.807, 2.05) is 0 Å². The van der Waals surface area contributed by atoms with E-state index in [9.17, 15) is 4.79 Å². The molecule has 42 valence electrons. The number of amides is 2. The SMILES string of the molecule is NC(=O)N[SiH](S)Cl. The Morgan fingerprint density at radius 1 is 2.00 bits per heavy atom. The summed E-state index contributed by atoms with van der Waals surface area (Å²) in [5, 5.41) is 0. The van der Waals surface area contributed by atoms with Crippen molar-refractivity contribution in [1.29, 1.82) is 0 Å². The third-order valence-electron chi connectivity index (χ3n) is 0.261. The van der Waals surface area contributed by atoms with Crippen LogP contribution in [-0.2, 0) is 0 Å². The first-order chi connectivity index (χ1) is 3.13. The Bertz CT molecular complexity index is 78.1. The number of urea groups is 1. The second-order valence-corrected chi connectivity index (χ2v) is 5.58. The van der Waals surface area contributed by atoms with E-state index in [-0.39, 0.29) is 0 Å². The summed E-state index contributed by atoms with van der Waals surface area (Å²) in [5.74, 6) is 0. The number of carbonyl (C=O) groups is 1. The molecule has 6 heteroatoms. The van der Waals surface area contributed by atoms with Crippen LogP contribution in [0, 0.1) is 0 Å². The van der Waals surface area contributed by atoms with Crippen molar-refractivity contribution in [3.63, 3.8) is 0 Å². The number of primary amides is 1. The number of nitrogens with two attached hydrogens (primary N) is 1. The number of rotatable bonds is 1. The van der Waals surface area contributed by atoms with E-state index >= 15 is 0 Å². The van der Waals surface area contributed by atoms with Crippen molar-refractivity contribution in [2.75, 3.05) is 0 Å². The van der Waals surface area contributed by atoms with Crippen LogP contribution in [0.2, 0.25) is 0 Å². The molecule has 0 aliphatic rings. The van der Waals surface area contributed by atoms with Gasteiger partial charge in [0, 0.05) is 0 Å². The highest BCUT2D eigenvalue weighted by Gasteiger charge is 1.98. The molecule has 0 rings (SSSR count). The Kier molecular flexibility index (Phi) is 3.23. The summed E-state index contributed by atoms with van der Waals surface area (Å²) in [6.07, 6.45) is 0. The summed E-state index contributed by atoms with van der Waals surface area (Å²) in [7, 11) is -1.79. The highest BCUT2D eigenvalue weighted by molar-refractivity contribution is 8.15. The fourth-order valence-electron chi connectivity index (χ4n) is 0.117. The van der Waals surface area contributed by atoms with Crippen molar-refractivity contribution in [3.8, 4) is 0 Å². The average Bonchev–Trinajstić information content (AvgIpc) is 1.27. The lowest BCUT2D eigenvalue weighted by atomic mass is 11.2. The van der Waals surface area contributed by atoms with Gasteiger partial charge in [-0.2, -0.15) is 12.1 Å². The van der Waals surface area contributed by atoms with Gasteiger partial charge < -0.3 is 10.7 Å². The van der Waals surface area contributed by atoms with Gasteiger partial charge in [-0.05, 0) is 0 Å². The van der Waals surface area contributed by atoms with E-state index in [1.54, 1.807) is 0 Å². The maximum Gasteiger partial charge on any atom is 0.305 e. The summed E-state index contributed by atoms with van der Waals surface area (Å²) in [6.45, 7) is 0. The number of thiol groups is 1. The molecular formula is CH5ClN2OSSi. The van der Waals surface area contributed by atoms with E-state index in [4.69, 9.17) is 11.1 Å². The molecule has 3 nitrogen and oxygen atoms in total. The van der Waals surface area contributed by atoms with Crippen LogP contribution >= 0.6 is 23.2 Å². The smallest absolute Gasteiger partial charge is 0.305 e. The van der Waals surface area contributed by atoms with Gasteiger partial charge in [0.05, 0.1) is 0 Å². The highest BCUT2D eigenvalue weighted by atomic mass is 35.6. The first-order valence-electron chi connectivity index (χ1n) is 1.51. The molecule has 0 aromatic rings. The molecule has 0 saturated heterocycles. The molecule has 0 bridgehead atoms. The minimum Gasteiger partial charge on any atom is -0.352 e. The third-order valence-corrected chi connectivity index (χ3v) is 1.50. The molecule has 1 atom stereocenters.